The number of aromatic carboxylic acids is 1. The number of thiazole rings is 1. The molecule has 8 heteroatoms. The van der Waals surface area contributed by atoms with Crippen molar-refractivity contribution < 1.29 is 19.0 Å². The van der Waals surface area contributed by atoms with Crippen molar-refractivity contribution in [3.63, 3.8) is 0 Å². The Morgan fingerprint density at radius 2 is 2.08 bits per heavy atom. The van der Waals surface area contributed by atoms with Gasteiger partial charge in [-0.15, -0.1) is 11.3 Å². The summed E-state index contributed by atoms with van der Waals surface area (Å²) in [4.78, 5) is 19.9. The molecule has 24 heavy (non-hydrogen) atoms. The fraction of sp³-hybridized carbons (Fsp3) is 0.188. The number of ether oxygens (including phenoxy) is 1. The normalized spacial score (nSPS) is 13.7. The molecule has 0 atom stereocenters. The Balaban J connectivity index is 1.91. The summed E-state index contributed by atoms with van der Waals surface area (Å²) in [6.45, 7) is 1.54. The lowest BCUT2D eigenvalue weighted by Gasteiger charge is -2.16. The van der Waals surface area contributed by atoms with E-state index in [2.05, 4.69) is 9.97 Å². The van der Waals surface area contributed by atoms with Crippen LogP contribution < -0.4 is 0 Å². The molecule has 1 aliphatic heterocycles. The van der Waals surface area contributed by atoms with Gasteiger partial charge in [0.2, 0.25) is 0 Å². The minimum absolute atomic E-state index is 0.00247. The minimum atomic E-state index is -1.07. The number of nitrogens with zero attached hydrogens (tertiary/aromatic N) is 3. The van der Waals surface area contributed by atoms with Gasteiger partial charge in [0.25, 0.3) is 0 Å². The maximum Gasteiger partial charge on any atom is 0.355 e. The largest absolute Gasteiger partial charge is 0.476 e. The number of carbonyl (C=O) groups is 1. The van der Waals surface area contributed by atoms with Crippen molar-refractivity contribution in [2.45, 2.75) is 13.2 Å². The van der Waals surface area contributed by atoms with Crippen LogP contribution in [-0.2, 0) is 17.9 Å². The molecule has 0 radical (unpaired) electrons. The van der Waals surface area contributed by atoms with Gasteiger partial charge in [0.15, 0.2) is 5.69 Å². The summed E-state index contributed by atoms with van der Waals surface area (Å²) in [6, 6.07) is 6.05. The van der Waals surface area contributed by atoms with Crippen LogP contribution in [0.1, 0.15) is 16.3 Å². The summed E-state index contributed by atoms with van der Waals surface area (Å²) in [5.41, 5.74) is 2.15. The number of aromatic nitrogens is 3. The first kappa shape index (κ1) is 15.0. The molecule has 0 aliphatic carbocycles. The SMILES string of the molecule is O=C(O)c1csc(-c2c(-c3ccc(F)cc3)nc3n2CCOC3)n1. The van der Waals surface area contributed by atoms with E-state index in [0.29, 0.717) is 30.5 Å². The van der Waals surface area contributed by atoms with Crippen LogP contribution >= 0.6 is 11.3 Å². The number of carboxylic acids is 1. The zero-order valence-corrected chi connectivity index (χ0v) is 13.2. The number of rotatable bonds is 3. The molecule has 0 amide bonds. The van der Waals surface area contributed by atoms with E-state index in [9.17, 15) is 9.18 Å². The van der Waals surface area contributed by atoms with Crippen LogP contribution in [0.3, 0.4) is 0 Å². The van der Waals surface area contributed by atoms with Gasteiger partial charge in [-0.25, -0.2) is 19.2 Å². The van der Waals surface area contributed by atoms with E-state index < -0.39 is 5.97 Å². The molecule has 0 spiro atoms. The van der Waals surface area contributed by atoms with Gasteiger partial charge in [-0.3, -0.25) is 0 Å². The molecule has 0 saturated carbocycles. The van der Waals surface area contributed by atoms with Gasteiger partial charge in [0, 0.05) is 17.5 Å². The predicted octanol–water partition coefficient (Wildman–Crippen LogP) is 3.04. The molecule has 4 rings (SSSR count). The van der Waals surface area contributed by atoms with Crippen LogP contribution in [0, 0.1) is 5.82 Å². The van der Waals surface area contributed by atoms with Crippen molar-refractivity contribution in [1.82, 2.24) is 14.5 Å². The molecule has 1 N–H and O–H groups in total. The molecular formula is C16H12FN3O3S. The molecule has 0 unspecified atom stereocenters. The molecular weight excluding hydrogens is 333 g/mol. The number of imidazole rings is 1. The first-order valence-electron chi connectivity index (χ1n) is 7.26. The van der Waals surface area contributed by atoms with Gasteiger partial charge < -0.3 is 14.4 Å². The quantitative estimate of drug-likeness (QED) is 0.789. The standard InChI is InChI=1S/C16H12FN3O3S/c17-10-3-1-9(2-4-10)13-14(15-18-11(8-24-15)16(21)22)20-5-6-23-7-12(20)19-13/h1-4,8H,5-7H2,(H,21,22). The van der Waals surface area contributed by atoms with E-state index in [-0.39, 0.29) is 11.5 Å². The van der Waals surface area contributed by atoms with Gasteiger partial charge in [-0.1, -0.05) is 0 Å². The fourth-order valence-electron chi connectivity index (χ4n) is 2.68. The third-order valence-corrected chi connectivity index (χ3v) is 4.63. The van der Waals surface area contributed by atoms with Crippen molar-refractivity contribution in [3.05, 3.63) is 47.0 Å². The van der Waals surface area contributed by atoms with Crippen LogP contribution in [0.5, 0.6) is 0 Å². The molecule has 6 nitrogen and oxygen atoms in total. The van der Waals surface area contributed by atoms with Crippen molar-refractivity contribution in [2.24, 2.45) is 0 Å². The lowest BCUT2D eigenvalue weighted by molar-refractivity contribution is 0.0691. The number of fused-ring (bicyclic) bond motifs is 1. The second-order valence-corrected chi connectivity index (χ2v) is 6.14. The zero-order chi connectivity index (χ0) is 16.7. The molecule has 122 valence electrons. The molecule has 1 aromatic carbocycles. The third kappa shape index (κ3) is 2.49. The van der Waals surface area contributed by atoms with Gasteiger partial charge in [-0.05, 0) is 24.3 Å². The molecule has 0 bridgehead atoms. The van der Waals surface area contributed by atoms with Gasteiger partial charge in [0.05, 0.1) is 12.3 Å². The Morgan fingerprint density at radius 3 is 2.79 bits per heavy atom. The van der Waals surface area contributed by atoms with Crippen LogP contribution in [0.2, 0.25) is 0 Å². The van der Waals surface area contributed by atoms with Crippen molar-refractivity contribution in [3.8, 4) is 22.0 Å². The molecule has 0 saturated heterocycles. The zero-order valence-electron chi connectivity index (χ0n) is 12.4. The number of hydrogen-bond donors (Lipinski definition) is 1. The second-order valence-electron chi connectivity index (χ2n) is 5.28. The van der Waals surface area contributed by atoms with E-state index in [4.69, 9.17) is 9.84 Å². The summed E-state index contributed by atoms with van der Waals surface area (Å²) >= 11 is 1.25. The Bertz CT molecular complexity index is 917. The molecule has 0 fully saturated rings. The number of benzene rings is 1. The summed E-state index contributed by atoms with van der Waals surface area (Å²) in [7, 11) is 0. The summed E-state index contributed by atoms with van der Waals surface area (Å²) in [6.07, 6.45) is 0. The average molecular weight is 345 g/mol. The summed E-state index contributed by atoms with van der Waals surface area (Å²) < 4.78 is 20.7. The first-order chi connectivity index (χ1) is 11.6. The van der Waals surface area contributed by atoms with Crippen LogP contribution in [0.15, 0.2) is 29.6 Å². The highest BCUT2D eigenvalue weighted by atomic mass is 32.1. The summed E-state index contributed by atoms with van der Waals surface area (Å²) in [5, 5.41) is 11.2. The highest BCUT2D eigenvalue weighted by Crippen LogP contribution is 2.35. The smallest absolute Gasteiger partial charge is 0.355 e. The van der Waals surface area contributed by atoms with Crippen molar-refractivity contribution >= 4 is 17.3 Å². The van der Waals surface area contributed by atoms with Gasteiger partial charge >= 0.3 is 5.97 Å². The third-order valence-electron chi connectivity index (χ3n) is 3.78. The Hall–Kier alpha value is -2.58. The number of carboxylic acid groups (broad SMARTS) is 1. The van der Waals surface area contributed by atoms with E-state index in [1.165, 1.54) is 28.8 Å². The van der Waals surface area contributed by atoms with E-state index in [0.717, 1.165) is 17.1 Å². The van der Waals surface area contributed by atoms with E-state index in [1.54, 1.807) is 12.1 Å². The maximum atomic E-state index is 13.2. The van der Waals surface area contributed by atoms with E-state index >= 15 is 0 Å². The monoisotopic (exact) mass is 345 g/mol. The minimum Gasteiger partial charge on any atom is -0.476 e. The summed E-state index contributed by atoms with van der Waals surface area (Å²) in [5.74, 6) is -0.639. The highest BCUT2D eigenvalue weighted by molar-refractivity contribution is 7.13. The maximum absolute atomic E-state index is 13.2. The highest BCUT2D eigenvalue weighted by Gasteiger charge is 2.25. The Kier molecular flexibility index (Phi) is 3.62. The fourth-order valence-corrected chi connectivity index (χ4v) is 3.52. The Labute approximate surface area is 140 Å². The van der Waals surface area contributed by atoms with E-state index in [1.807, 2.05) is 4.57 Å². The molecule has 3 aromatic rings. The topological polar surface area (TPSA) is 77.2 Å². The van der Waals surface area contributed by atoms with Crippen LogP contribution in [0.4, 0.5) is 4.39 Å². The number of hydrogen-bond acceptors (Lipinski definition) is 5. The average Bonchev–Trinajstić information content (AvgIpc) is 3.19. The number of halogens is 1. The van der Waals surface area contributed by atoms with Crippen molar-refractivity contribution in [2.75, 3.05) is 6.61 Å². The molecule has 2 aromatic heterocycles. The van der Waals surface area contributed by atoms with Crippen molar-refractivity contribution in [1.29, 1.82) is 0 Å². The molecule has 3 heterocycles. The Morgan fingerprint density at radius 1 is 1.29 bits per heavy atom. The predicted molar refractivity (Wildman–Crippen MR) is 85.3 cm³/mol. The second kappa shape index (κ2) is 5.81. The first-order valence-corrected chi connectivity index (χ1v) is 8.14. The van der Waals surface area contributed by atoms with Crippen LogP contribution in [0.25, 0.3) is 22.0 Å². The lowest BCUT2D eigenvalue weighted by Crippen LogP contribution is -2.17. The van der Waals surface area contributed by atoms with Gasteiger partial charge in [0.1, 0.15) is 29.0 Å². The van der Waals surface area contributed by atoms with Crippen LogP contribution in [-0.4, -0.2) is 32.2 Å². The lowest BCUT2D eigenvalue weighted by atomic mass is 10.1. The van der Waals surface area contributed by atoms with Gasteiger partial charge in [-0.2, -0.15) is 0 Å². The molecule has 1 aliphatic rings.